The van der Waals surface area contributed by atoms with Gasteiger partial charge in [-0.1, -0.05) is 18.2 Å². The van der Waals surface area contributed by atoms with Gasteiger partial charge in [0, 0.05) is 11.5 Å². The number of esters is 1. The van der Waals surface area contributed by atoms with E-state index in [1.165, 1.54) is 7.11 Å². The number of carbonyl (C=O) groups is 1. The predicted molar refractivity (Wildman–Crippen MR) is 83.0 cm³/mol. The minimum absolute atomic E-state index is 0.186. The minimum atomic E-state index is -0.922. The number of allylic oxidation sites excluding steroid dienone is 1. The molecule has 1 aromatic carbocycles. The normalized spacial score (nSPS) is 20.5. The van der Waals surface area contributed by atoms with Crippen molar-refractivity contribution in [1.82, 2.24) is 0 Å². The van der Waals surface area contributed by atoms with Crippen LogP contribution in [0, 0.1) is 22.7 Å². The molecule has 0 radical (unpaired) electrons. The number of para-hydroxylation sites is 1. The topological polar surface area (TPSA) is 92.4 Å². The van der Waals surface area contributed by atoms with E-state index in [2.05, 4.69) is 6.07 Å². The van der Waals surface area contributed by atoms with Gasteiger partial charge in [-0.2, -0.15) is 5.26 Å². The molecule has 2 rings (SSSR count). The van der Waals surface area contributed by atoms with Crippen molar-refractivity contribution in [3.05, 3.63) is 41.2 Å². The van der Waals surface area contributed by atoms with E-state index in [1.54, 1.807) is 38.1 Å². The van der Waals surface area contributed by atoms with Crippen LogP contribution in [0.5, 0.6) is 5.75 Å². The fourth-order valence-corrected chi connectivity index (χ4v) is 2.69. The summed E-state index contributed by atoms with van der Waals surface area (Å²) in [6, 6.07) is 9.18. The highest BCUT2D eigenvalue weighted by Gasteiger charge is 2.42. The first-order valence-electron chi connectivity index (χ1n) is 7.21. The fourth-order valence-electron chi connectivity index (χ4n) is 2.69. The van der Waals surface area contributed by atoms with Gasteiger partial charge in [-0.05, 0) is 19.9 Å². The molecule has 6 nitrogen and oxygen atoms in total. The SMILES string of the molecule is CCOC(=O)C1=C(C)OC(=N)C(C#N)C1c1ccccc1OC. The molecule has 0 amide bonds. The smallest absolute Gasteiger partial charge is 0.338 e. The Labute approximate surface area is 134 Å². The lowest BCUT2D eigenvalue weighted by Gasteiger charge is -2.31. The first-order chi connectivity index (χ1) is 11.0. The van der Waals surface area contributed by atoms with Crippen LogP contribution in [0.1, 0.15) is 25.3 Å². The van der Waals surface area contributed by atoms with Crippen molar-refractivity contribution in [3.63, 3.8) is 0 Å². The summed E-state index contributed by atoms with van der Waals surface area (Å²) in [5.74, 6) is -1.51. The Hall–Kier alpha value is -2.81. The number of rotatable bonds is 4. The minimum Gasteiger partial charge on any atom is -0.496 e. The lowest BCUT2D eigenvalue weighted by atomic mass is 9.78. The van der Waals surface area contributed by atoms with Crippen LogP contribution >= 0.6 is 0 Å². The fraction of sp³-hybridized carbons (Fsp3) is 0.353. The molecular weight excluding hydrogens is 296 g/mol. The Morgan fingerprint density at radius 1 is 1.43 bits per heavy atom. The average Bonchev–Trinajstić information content (AvgIpc) is 2.54. The molecule has 0 fully saturated rings. The van der Waals surface area contributed by atoms with E-state index in [9.17, 15) is 10.1 Å². The summed E-state index contributed by atoms with van der Waals surface area (Å²) in [6.45, 7) is 3.51. The van der Waals surface area contributed by atoms with Gasteiger partial charge in [-0.25, -0.2) is 4.79 Å². The van der Waals surface area contributed by atoms with Crippen LogP contribution in [0.3, 0.4) is 0 Å². The molecule has 1 aliphatic rings. The van der Waals surface area contributed by atoms with Crippen molar-refractivity contribution in [2.24, 2.45) is 5.92 Å². The molecule has 1 aliphatic heterocycles. The Morgan fingerprint density at radius 3 is 2.74 bits per heavy atom. The molecule has 2 atom stereocenters. The van der Waals surface area contributed by atoms with Crippen LogP contribution in [0.15, 0.2) is 35.6 Å². The molecule has 1 N–H and O–H groups in total. The summed E-state index contributed by atoms with van der Waals surface area (Å²) in [4.78, 5) is 12.4. The highest BCUT2D eigenvalue weighted by atomic mass is 16.5. The van der Waals surface area contributed by atoms with Crippen LogP contribution in [-0.4, -0.2) is 25.6 Å². The second kappa shape index (κ2) is 6.97. The molecule has 0 bridgehead atoms. The van der Waals surface area contributed by atoms with Crippen molar-refractivity contribution in [1.29, 1.82) is 10.7 Å². The number of hydrogen-bond donors (Lipinski definition) is 1. The van der Waals surface area contributed by atoms with E-state index in [0.717, 1.165) is 0 Å². The number of methoxy groups -OCH3 is 1. The van der Waals surface area contributed by atoms with E-state index in [1.807, 2.05) is 0 Å². The number of ether oxygens (including phenoxy) is 3. The second-order valence-electron chi connectivity index (χ2n) is 4.98. The number of benzene rings is 1. The van der Waals surface area contributed by atoms with Gasteiger partial charge in [-0.15, -0.1) is 0 Å². The van der Waals surface area contributed by atoms with E-state index in [0.29, 0.717) is 11.3 Å². The summed E-state index contributed by atoms with van der Waals surface area (Å²) in [5.41, 5.74) is 0.899. The third kappa shape index (κ3) is 3.04. The molecule has 1 aromatic rings. The van der Waals surface area contributed by atoms with Gasteiger partial charge in [0.1, 0.15) is 17.4 Å². The number of nitrogens with zero attached hydrogens (tertiary/aromatic N) is 1. The summed E-state index contributed by atoms with van der Waals surface area (Å²) >= 11 is 0. The number of nitrogens with one attached hydrogen (secondary N) is 1. The van der Waals surface area contributed by atoms with Crippen LogP contribution < -0.4 is 4.74 Å². The average molecular weight is 314 g/mol. The van der Waals surface area contributed by atoms with Gasteiger partial charge < -0.3 is 14.2 Å². The first-order valence-corrected chi connectivity index (χ1v) is 7.21. The Morgan fingerprint density at radius 2 is 2.13 bits per heavy atom. The highest BCUT2D eigenvalue weighted by Crippen LogP contribution is 2.42. The Bertz CT molecular complexity index is 703. The monoisotopic (exact) mass is 314 g/mol. The largest absolute Gasteiger partial charge is 0.496 e. The van der Waals surface area contributed by atoms with Gasteiger partial charge >= 0.3 is 5.97 Å². The quantitative estimate of drug-likeness (QED) is 0.863. The molecular formula is C17H18N2O4. The molecule has 0 saturated carbocycles. The second-order valence-corrected chi connectivity index (χ2v) is 4.98. The maximum Gasteiger partial charge on any atom is 0.338 e. The van der Waals surface area contributed by atoms with E-state index in [-0.39, 0.29) is 23.8 Å². The van der Waals surface area contributed by atoms with Gasteiger partial charge in [-0.3, -0.25) is 5.41 Å². The maximum absolute atomic E-state index is 12.4. The van der Waals surface area contributed by atoms with E-state index < -0.39 is 17.8 Å². The number of hydrogen-bond acceptors (Lipinski definition) is 6. The van der Waals surface area contributed by atoms with Crippen molar-refractivity contribution in [2.45, 2.75) is 19.8 Å². The number of nitriles is 1. The summed E-state index contributed by atoms with van der Waals surface area (Å²) in [7, 11) is 1.52. The lowest BCUT2D eigenvalue weighted by Crippen LogP contribution is -2.33. The zero-order valence-electron chi connectivity index (χ0n) is 13.3. The number of carbonyl (C=O) groups excluding carboxylic acids is 1. The Kier molecular flexibility index (Phi) is 5.02. The van der Waals surface area contributed by atoms with Gasteiger partial charge in [0.05, 0.1) is 25.4 Å². The highest BCUT2D eigenvalue weighted by molar-refractivity contribution is 5.96. The van der Waals surface area contributed by atoms with Crippen molar-refractivity contribution < 1.29 is 19.0 Å². The van der Waals surface area contributed by atoms with Crippen LogP contribution in [0.25, 0.3) is 0 Å². The molecule has 2 unspecified atom stereocenters. The van der Waals surface area contributed by atoms with Crippen molar-refractivity contribution in [3.8, 4) is 11.8 Å². The molecule has 120 valence electrons. The summed E-state index contributed by atoms with van der Waals surface area (Å²) in [6.07, 6.45) is 0. The van der Waals surface area contributed by atoms with Gasteiger partial charge in [0.15, 0.2) is 0 Å². The maximum atomic E-state index is 12.4. The van der Waals surface area contributed by atoms with Crippen LogP contribution in [0.4, 0.5) is 0 Å². The molecule has 0 spiro atoms. The zero-order valence-corrected chi connectivity index (χ0v) is 13.3. The summed E-state index contributed by atoms with van der Waals surface area (Å²) in [5, 5.41) is 17.4. The lowest BCUT2D eigenvalue weighted by molar-refractivity contribution is -0.139. The Balaban J connectivity index is 2.65. The zero-order chi connectivity index (χ0) is 17.0. The third-order valence-corrected chi connectivity index (χ3v) is 3.68. The molecule has 0 saturated heterocycles. The third-order valence-electron chi connectivity index (χ3n) is 3.68. The van der Waals surface area contributed by atoms with E-state index in [4.69, 9.17) is 19.6 Å². The van der Waals surface area contributed by atoms with E-state index >= 15 is 0 Å². The van der Waals surface area contributed by atoms with Crippen molar-refractivity contribution >= 4 is 11.9 Å². The van der Waals surface area contributed by atoms with Gasteiger partial charge in [0.2, 0.25) is 5.90 Å². The van der Waals surface area contributed by atoms with Gasteiger partial charge in [0.25, 0.3) is 0 Å². The molecule has 23 heavy (non-hydrogen) atoms. The first kappa shape index (κ1) is 16.6. The molecule has 1 heterocycles. The van der Waals surface area contributed by atoms with Crippen LogP contribution in [-0.2, 0) is 14.3 Å². The standard InChI is InChI=1S/C17H18N2O4/c1-4-22-17(20)14-10(2)23-16(19)12(9-18)15(14)11-7-5-6-8-13(11)21-3/h5-8,12,15,19H,4H2,1-3H3. The molecule has 6 heteroatoms. The van der Waals surface area contributed by atoms with Crippen molar-refractivity contribution in [2.75, 3.05) is 13.7 Å². The molecule has 0 aromatic heterocycles. The predicted octanol–water partition coefficient (Wildman–Crippen LogP) is 2.76. The van der Waals surface area contributed by atoms with Crippen LogP contribution in [0.2, 0.25) is 0 Å². The molecule has 0 aliphatic carbocycles. The summed E-state index contributed by atoms with van der Waals surface area (Å²) < 4.78 is 15.8.